The molecule has 9 heteroatoms. The van der Waals surface area contributed by atoms with Crippen molar-refractivity contribution in [3.8, 4) is 0 Å². The van der Waals surface area contributed by atoms with Crippen LogP contribution < -0.4 is 16.6 Å². The average Bonchev–Trinajstić information content (AvgIpc) is 2.71. The molecule has 0 spiro atoms. The Morgan fingerprint density at radius 2 is 1.97 bits per heavy atom. The first-order valence-electron chi connectivity index (χ1n) is 10.1. The van der Waals surface area contributed by atoms with Crippen LogP contribution in [-0.2, 0) is 11.3 Å². The van der Waals surface area contributed by atoms with E-state index in [1.807, 2.05) is 13.8 Å². The van der Waals surface area contributed by atoms with Crippen molar-refractivity contribution >= 4 is 16.9 Å². The standard InChI is InChI=1S/C20H29N5O4/c1-5-25-17-16(19(27)23-20(25)28)14(10-15(22-17)12(2)3)18(26)21-11-13(4)24-6-8-29-9-7-24/h10,12-13H,5-9,11H2,1-4H3,(H,21,26)(H,23,27,28). The van der Waals surface area contributed by atoms with E-state index in [0.29, 0.717) is 32.0 Å². The lowest BCUT2D eigenvalue weighted by Gasteiger charge is -2.32. The van der Waals surface area contributed by atoms with Crippen LogP contribution in [0.3, 0.4) is 0 Å². The minimum atomic E-state index is -0.594. The van der Waals surface area contributed by atoms with Crippen molar-refractivity contribution in [2.75, 3.05) is 32.8 Å². The van der Waals surface area contributed by atoms with E-state index in [2.05, 4.69) is 27.1 Å². The Morgan fingerprint density at radius 3 is 2.59 bits per heavy atom. The summed E-state index contributed by atoms with van der Waals surface area (Å²) in [6.45, 7) is 11.6. The number of ether oxygens (including phenoxy) is 1. The fraction of sp³-hybridized carbons (Fsp3) is 0.600. The van der Waals surface area contributed by atoms with Gasteiger partial charge in [0.05, 0.1) is 24.2 Å². The zero-order valence-corrected chi connectivity index (χ0v) is 17.4. The molecular weight excluding hydrogens is 374 g/mol. The molecule has 0 aromatic carbocycles. The van der Waals surface area contributed by atoms with Crippen LogP contribution in [0, 0.1) is 0 Å². The Balaban J connectivity index is 1.97. The third-order valence-corrected chi connectivity index (χ3v) is 5.35. The lowest BCUT2D eigenvalue weighted by molar-refractivity contribution is 0.0204. The number of nitrogens with one attached hydrogen (secondary N) is 2. The Morgan fingerprint density at radius 1 is 1.28 bits per heavy atom. The van der Waals surface area contributed by atoms with Crippen molar-refractivity contribution in [2.45, 2.75) is 46.2 Å². The number of nitrogens with zero attached hydrogens (tertiary/aromatic N) is 3. The smallest absolute Gasteiger partial charge is 0.329 e. The fourth-order valence-electron chi connectivity index (χ4n) is 3.54. The van der Waals surface area contributed by atoms with Crippen LogP contribution >= 0.6 is 0 Å². The molecule has 0 aliphatic carbocycles. The summed E-state index contributed by atoms with van der Waals surface area (Å²) in [5.74, 6) is -0.302. The summed E-state index contributed by atoms with van der Waals surface area (Å²) in [4.78, 5) is 46.9. The molecule has 29 heavy (non-hydrogen) atoms. The predicted molar refractivity (Wildman–Crippen MR) is 111 cm³/mol. The van der Waals surface area contributed by atoms with E-state index in [9.17, 15) is 14.4 Å². The number of carbonyl (C=O) groups excluding carboxylic acids is 1. The third-order valence-electron chi connectivity index (χ3n) is 5.35. The number of H-pyrrole nitrogens is 1. The molecule has 1 unspecified atom stereocenters. The molecular formula is C20H29N5O4. The molecule has 1 aliphatic rings. The number of morpholine rings is 1. The zero-order valence-electron chi connectivity index (χ0n) is 17.4. The summed E-state index contributed by atoms with van der Waals surface area (Å²) in [6, 6.07) is 1.80. The SMILES string of the molecule is CCn1c(=O)[nH]c(=O)c2c(C(=O)NCC(C)N3CCOCC3)cc(C(C)C)nc21. The Hall–Kier alpha value is -2.52. The largest absolute Gasteiger partial charge is 0.379 e. The molecule has 2 aromatic heterocycles. The fourth-order valence-corrected chi connectivity index (χ4v) is 3.54. The highest BCUT2D eigenvalue weighted by atomic mass is 16.5. The van der Waals surface area contributed by atoms with E-state index in [-0.39, 0.29) is 34.5 Å². The molecule has 0 radical (unpaired) electrons. The number of aromatic amines is 1. The Kier molecular flexibility index (Phi) is 6.49. The third kappa shape index (κ3) is 4.40. The maximum absolute atomic E-state index is 13.0. The van der Waals surface area contributed by atoms with Crippen molar-refractivity contribution in [1.82, 2.24) is 24.8 Å². The normalized spacial score (nSPS) is 16.3. The molecule has 9 nitrogen and oxygen atoms in total. The van der Waals surface area contributed by atoms with Crippen LogP contribution in [0.5, 0.6) is 0 Å². The number of aryl methyl sites for hydroxylation is 1. The van der Waals surface area contributed by atoms with Gasteiger partial charge in [0.25, 0.3) is 11.5 Å². The summed E-state index contributed by atoms with van der Waals surface area (Å²) in [5.41, 5.74) is 0.0424. The summed E-state index contributed by atoms with van der Waals surface area (Å²) < 4.78 is 6.76. The molecule has 1 saturated heterocycles. The van der Waals surface area contributed by atoms with Crippen LogP contribution in [0.25, 0.3) is 11.0 Å². The van der Waals surface area contributed by atoms with Crippen LogP contribution in [0.15, 0.2) is 15.7 Å². The highest BCUT2D eigenvalue weighted by Crippen LogP contribution is 2.19. The number of carbonyl (C=O) groups is 1. The molecule has 1 amide bonds. The lowest BCUT2D eigenvalue weighted by atomic mass is 10.0. The minimum Gasteiger partial charge on any atom is -0.379 e. The van der Waals surface area contributed by atoms with Crippen molar-refractivity contribution in [1.29, 1.82) is 0 Å². The van der Waals surface area contributed by atoms with Crippen molar-refractivity contribution in [2.24, 2.45) is 0 Å². The molecule has 1 atom stereocenters. The number of aromatic nitrogens is 3. The van der Waals surface area contributed by atoms with E-state index in [1.165, 1.54) is 4.57 Å². The zero-order chi connectivity index (χ0) is 21.1. The van der Waals surface area contributed by atoms with E-state index in [4.69, 9.17) is 4.74 Å². The van der Waals surface area contributed by atoms with Gasteiger partial charge in [0.2, 0.25) is 0 Å². The number of hydrogen-bond acceptors (Lipinski definition) is 6. The first-order chi connectivity index (χ1) is 13.8. The van der Waals surface area contributed by atoms with Gasteiger partial charge in [-0.25, -0.2) is 9.78 Å². The van der Waals surface area contributed by atoms with Gasteiger partial charge in [-0.05, 0) is 25.8 Å². The molecule has 1 fully saturated rings. The molecule has 0 saturated carbocycles. The van der Waals surface area contributed by atoms with Gasteiger partial charge in [-0.1, -0.05) is 13.8 Å². The maximum atomic E-state index is 13.0. The average molecular weight is 403 g/mol. The van der Waals surface area contributed by atoms with E-state index >= 15 is 0 Å². The summed E-state index contributed by atoms with van der Waals surface area (Å²) >= 11 is 0. The van der Waals surface area contributed by atoms with Gasteiger partial charge in [0, 0.05) is 37.9 Å². The van der Waals surface area contributed by atoms with E-state index in [0.717, 1.165) is 13.1 Å². The quantitative estimate of drug-likeness (QED) is 0.734. The monoisotopic (exact) mass is 403 g/mol. The number of pyridine rings is 1. The highest BCUT2D eigenvalue weighted by molar-refractivity contribution is 6.05. The number of fused-ring (bicyclic) bond motifs is 1. The molecule has 0 bridgehead atoms. The second-order valence-corrected chi connectivity index (χ2v) is 7.66. The first-order valence-corrected chi connectivity index (χ1v) is 10.1. The van der Waals surface area contributed by atoms with Gasteiger partial charge in [0.1, 0.15) is 0 Å². The van der Waals surface area contributed by atoms with Crippen LogP contribution in [-0.4, -0.2) is 64.2 Å². The molecule has 158 valence electrons. The predicted octanol–water partition coefficient (Wildman–Crippen LogP) is 0.679. The Bertz CT molecular complexity index is 1000. The number of rotatable bonds is 6. The molecule has 3 rings (SSSR count). The van der Waals surface area contributed by atoms with Gasteiger partial charge in [-0.3, -0.25) is 24.0 Å². The summed E-state index contributed by atoms with van der Waals surface area (Å²) in [5, 5.41) is 3.09. The molecule has 1 aliphatic heterocycles. The van der Waals surface area contributed by atoms with Crippen LogP contribution in [0.2, 0.25) is 0 Å². The summed E-state index contributed by atoms with van der Waals surface area (Å²) in [7, 11) is 0. The minimum absolute atomic E-state index is 0.0397. The topological polar surface area (TPSA) is 109 Å². The molecule has 3 heterocycles. The van der Waals surface area contributed by atoms with Crippen LogP contribution in [0.1, 0.15) is 49.7 Å². The Labute approximate surface area is 169 Å². The van der Waals surface area contributed by atoms with Crippen molar-refractivity contribution < 1.29 is 9.53 Å². The second-order valence-electron chi connectivity index (χ2n) is 7.66. The van der Waals surface area contributed by atoms with E-state index in [1.54, 1.807) is 13.0 Å². The molecule has 2 N–H and O–H groups in total. The van der Waals surface area contributed by atoms with E-state index < -0.39 is 11.2 Å². The first kappa shape index (κ1) is 21.2. The van der Waals surface area contributed by atoms with Gasteiger partial charge in [-0.2, -0.15) is 0 Å². The van der Waals surface area contributed by atoms with Gasteiger partial charge >= 0.3 is 5.69 Å². The van der Waals surface area contributed by atoms with Gasteiger partial charge < -0.3 is 10.1 Å². The maximum Gasteiger partial charge on any atom is 0.329 e. The summed E-state index contributed by atoms with van der Waals surface area (Å²) in [6.07, 6.45) is 0. The highest BCUT2D eigenvalue weighted by Gasteiger charge is 2.22. The van der Waals surface area contributed by atoms with Gasteiger partial charge in [-0.15, -0.1) is 0 Å². The number of hydrogen-bond donors (Lipinski definition) is 2. The van der Waals surface area contributed by atoms with Gasteiger partial charge in [0.15, 0.2) is 5.65 Å². The van der Waals surface area contributed by atoms with Crippen molar-refractivity contribution in [3.63, 3.8) is 0 Å². The molecule has 2 aromatic rings. The lowest BCUT2D eigenvalue weighted by Crippen LogP contribution is -2.47. The van der Waals surface area contributed by atoms with Crippen molar-refractivity contribution in [3.05, 3.63) is 38.2 Å². The number of amides is 1. The van der Waals surface area contributed by atoms with Crippen LogP contribution in [0.4, 0.5) is 0 Å². The second kappa shape index (κ2) is 8.87.